The van der Waals surface area contributed by atoms with Gasteiger partial charge in [0.1, 0.15) is 12.7 Å². The maximum absolute atomic E-state index is 11.3. The van der Waals surface area contributed by atoms with E-state index in [0.717, 1.165) is 16.8 Å². The summed E-state index contributed by atoms with van der Waals surface area (Å²) in [7, 11) is 0. The largest absolute Gasteiger partial charge is 0.344 e. The number of nitrogens with one attached hydrogen (secondary N) is 1. The average molecular weight is 326 g/mol. The van der Waals surface area contributed by atoms with E-state index in [1.807, 2.05) is 39.0 Å². The summed E-state index contributed by atoms with van der Waals surface area (Å²) in [6, 6.07) is 5.77. The molecular weight excluding hydrogens is 308 g/mol. The fraction of sp³-hybridized carbons (Fsp3) is 0.312. The average Bonchev–Trinajstić information content (AvgIpc) is 3.18. The molecule has 2 heterocycles. The van der Waals surface area contributed by atoms with Gasteiger partial charge in [-0.2, -0.15) is 10.1 Å². The Bertz CT molecular complexity index is 867. The lowest BCUT2D eigenvalue weighted by Gasteiger charge is -2.20. The molecule has 1 amide bonds. The van der Waals surface area contributed by atoms with Crippen LogP contribution in [0.15, 0.2) is 35.4 Å². The summed E-state index contributed by atoms with van der Waals surface area (Å²) in [6.07, 6.45) is 3.12. The van der Waals surface area contributed by atoms with Gasteiger partial charge < -0.3 is 9.84 Å². The fourth-order valence-corrected chi connectivity index (χ4v) is 2.45. The topological polar surface area (TPSA) is 98.7 Å². The van der Waals surface area contributed by atoms with E-state index < -0.39 is 5.54 Å². The van der Waals surface area contributed by atoms with Crippen molar-refractivity contribution in [2.75, 3.05) is 0 Å². The van der Waals surface area contributed by atoms with E-state index in [1.165, 1.54) is 13.3 Å². The van der Waals surface area contributed by atoms with Crippen molar-refractivity contribution < 1.29 is 9.32 Å². The van der Waals surface area contributed by atoms with Crippen LogP contribution in [0.25, 0.3) is 17.1 Å². The molecule has 0 spiro atoms. The molecule has 8 nitrogen and oxygen atoms in total. The number of rotatable bonds is 4. The number of aryl methyl sites for hydroxylation is 1. The van der Waals surface area contributed by atoms with Gasteiger partial charge in [0.2, 0.25) is 5.91 Å². The SMILES string of the molecule is CC(=O)NC(C)(C)c1noc(-c2ccc(-n3cncn3)cc2C)n1. The van der Waals surface area contributed by atoms with Gasteiger partial charge in [0, 0.05) is 12.5 Å². The summed E-state index contributed by atoms with van der Waals surface area (Å²) in [5, 5.41) is 10.9. The second kappa shape index (κ2) is 5.88. The number of benzene rings is 1. The number of hydrogen-bond acceptors (Lipinski definition) is 6. The van der Waals surface area contributed by atoms with E-state index in [4.69, 9.17) is 4.52 Å². The third kappa shape index (κ3) is 3.03. The lowest BCUT2D eigenvalue weighted by Crippen LogP contribution is -2.40. The predicted octanol–water partition coefficient (Wildman–Crippen LogP) is 2.00. The van der Waals surface area contributed by atoms with Gasteiger partial charge in [-0.15, -0.1) is 0 Å². The van der Waals surface area contributed by atoms with Gasteiger partial charge in [0.05, 0.1) is 11.2 Å². The second-order valence-electron chi connectivity index (χ2n) is 6.07. The van der Waals surface area contributed by atoms with Crippen LogP contribution in [0.4, 0.5) is 0 Å². The summed E-state index contributed by atoms with van der Waals surface area (Å²) in [5.74, 6) is 0.679. The van der Waals surface area contributed by atoms with Crippen molar-refractivity contribution in [3.8, 4) is 17.1 Å². The van der Waals surface area contributed by atoms with Crippen LogP contribution in [0.1, 0.15) is 32.2 Å². The summed E-state index contributed by atoms with van der Waals surface area (Å²) >= 11 is 0. The molecule has 0 radical (unpaired) electrons. The monoisotopic (exact) mass is 326 g/mol. The molecule has 0 aliphatic rings. The zero-order chi connectivity index (χ0) is 17.3. The van der Waals surface area contributed by atoms with Crippen LogP contribution in [-0.4, -0.2) is 30.8 Å². The summed E-state index contributed by atoms with van der Waals surface area (Å²) < 4.78 is 7.06. The van der Waals surface area contributed by atoms with Crippen molar-refractivity contribution in [1.82, 2.24) is 30.2 Å². The highest BCUT2D eigenvalue weighted by Gasteiger charge is 2.28. The van der Waals surface area contributed by atoms with Crippen molar-refractivity contribution in [1.29, 1.82) is 0 Å². The van der Waals surface area contributed by atoms with Gasteiger partial charge in [-0.1, -0.05) is 5.16 Å². The van der Waals surface area contributed by atoms with Crippen molar-refractivity contribution in [2.45, 2.75) is 33.2 Å². The number of amides is 1. The molecule has 0 unspecified atom stereocenters. The van der Waals surface area contributed by atoms with Crippen LogP contribution >= 0.6 is 0 Å². The number of hydrogen-bond donors (Lipinski definition) is 1. The Hall–Kier alpha value is -3.03. The van der Waals surface area contributed by atoms with E-state index in [0.29, 0.717) is 11.7 Å². The number of carbonyl (C=O) groups is 1. The molecule has 3 aromatic rings. The molecule has 3 rings (SSSR count). The summed E-state index contributed by atoms with van der Waals surface area (Å²) in [6.45, 7) is 7.06. The number of carbonyl (C=O) groups excluding carboxylic acids is 1. The van der Waals surface area contributed by atoms with Gasteiger partial charge in [-0.3, -0.25) is 4.79 Å². The van der Waals surface area contributed by atoms with Crippen molar-refractivity contribution >= 4 is 5.91 Å². The molecule has 2 aromatic heterocycles. The zero-order valence-electron chi connectivity index (χ0n) is 13.9. The Morgan fingerprint density at radius 2 is 2.12 bits per heavy atom. The smallest absolute Gasteiger partial charge is 0.258 e. The molecule has 0 saturated heterocycles. The minimum Gasteiger partial charge on any atom is -0.344 e. The summed E-state index contributed by atoms with van der Waals surface area (Å²) in [4.78, 5) is 19.7. The van der Waals surface area contributed by atoms with Gasteiger partial charge in [0.25, 0.3) is 5.89 Å². The van der Waals surface area contributed by atoms with Crippen molar-refractivity contribution in [3.05, 3.63) is 42.2 Å². The molecule has 1 aromatic carbocycles. The highest BCUT2D eigenvalue weighted by molar-refractivity contribution is 5.73. The van der Waals surface area contributed by atoms with E-state index in [1.54, 1.807) is 11.0 Å². The summed E-state index contributed by atoms with van der Waals surface area (Å²) in [5.41, 5.74) is 1.99. The minimum atomic E-state index is -0.706. The highest BCUT2D eigenvalue weighted by Crippen LogP contribution is 2.26. The zero-order valence-corrected chi connectivity index (χ0v) is 13.9. The van der Waals surface area contributed by atoms with Gasteiger partial charge in [-0.05, 0) is 44.5 Å². The predicted molar refractivity (Wildman–Crippen MR) is 86.2 cm³/mol. The molecule has 8 heteroatoms. The van der Waals surface area contributed by atoms with Crippen LogP contribution in [0.3, 0.4) is 0 Å². The Morgan fingerprint density at radius 1 is 1.33 bits per heavy atom. The van der Waals surface area contributed by atoms with E-state index in [9.17, 15) is 4.79 Å². The Balaban J connectivity index is 1.92. The Labute approximate surface area is 138 Å². The lowest BCUT2D eigenvalue weighted by atomic mass is 10.0. The van der Waals surface area contributed by atoms with E-state index in [2.05, 4.69) is 25.5 Å². The maximum atomic E-state index is 11.3. The fourth-order valence-electron chi connectivity index (χ4n) is 2.45. The first-order valence-electron chi connectivity index (χ1n) is 7.46. The molecule has 0 saturated carbocycles. The van der Waals surface area contributed by atoms with E-state index in [-0.39, 0.29) is 5.91 Å². The molecule has 1 N–H and O–H groups in total. The Kier molecular flexibility index (Phi) is 3.88. The van der Waals surface area contributed by atoms with Crippen LogP contribution in [0, 0.1) is 6.92 Å². The van der Waals surface area contributed by atoms with Crippen LogP contribution < -0.4 is 5.32 Å². The minimum absolute atomic E-state index is 0.153. The first kappa shape index (κ1) is 15.9. The number of nitrogens with zero attached hydrogens (tertiary/aromatic N) is 5. The van der Waals surface area contributed by atoms with Crippen molar-refractivity contribution in [3.63, 3.8) is 0 Å². The quantitative estimate of drug-likeness (QED) is 0.787. The first-order valence-corrected chi connectivity index (χ1v) is 7.46. The first-order chi connectivity index (χ1) is 11.4. The van der Waals surface area contributed by atoms with E-state index >= 15 is 0 Å². The van der Waals surface area contributed by atoms with Crippen molar-refractivity contribution in [2.24, 2.45) is 0 Å². The lowest BCUT2D eigenvalue weighted by molar-refractivity contribution is -0.120. The second-order valence-corrected chi connectivity index (χ2v) is 6.07. The maximum Gasteiger partial charge on any atom is 0.258 e. The highest BCUT2D eigenvalue weighted by atomic mass is 16.5. The normalized spacial score (nSPS) is 11.5. The van der Waals surface area contributed by atoms with Crippen LogP contribution in [0.2, 0.25) is 0 Å². The third-order valence-corrected chi connectivity index (χ3v) is 3.60. The molecule has 0 fully saturated rings. The van der Waals surface area contributed by atoms with Crippen LogP contribution in [0.5, 0.6) is 0 Å². The van der Waals surface area contributed by atoms with Gasteiger partial charge in [-0.25, -0.2) is 9.67 Å². The number of aromatic nitrogens is 5. The molecule has 0 aliphatic heterocycles. The molecular formula is C16H18N6O2. The third-order valence-electron chi connectivity index (χ3n) is 3.60. The molecule has 0 aliphatic carbocycles. The molecule has 24 heavy (non-hydrogen) atoms. The van der Waals surface area contributed by atoms with Gasteiger partial charge in [0.15, 0.2) is 5.82 Å². The van der Waals surface area contributed by atoms with Gasteiger partial charge >= 0.3 is 0 Å². The molecule has 0 bridgehead atoms. The standard InChI is InChI=1S/C16H18N6O2/c1-10-7-12(22-9-17-8-18-22)5-6-13(10)14-19-15(21-24-14)16(3,4)20-11(2)23/h5-9H,1-4H3,(H,20,23). The van der Waals surface area contributed by atoms with Crippen LogP contribution in [-0.2, 0) is 10.3 Å². The molecule has 124 valence electrons. The molecule has 0 atom stereocenters. The Morgan fingerprint density at radius 3 is 2.75 bits per heavy atom.